The maximum atomic E-state index is 10.7. The molecule has 0 bridgehead atoms. The Morgan fingerprint density at radius 3 is 2.88 bits per heavy atom. The second-order valence-corrected chi connectivity index (χ2v) is 4.95. The molecule has 0 amide bonds. The summed E-state index contributed by atoms with van der Waals surface area (Å²) in [6.07, 6.45) is 1.86. The molecule has 0 radical (unpaired) electrons. The number of rotatable bonds is 6. The van der Waals surface area contributed by atoms with Gasteiger partial charge in [-0.2, -0.15) is 8.42 Å². The van der Waals surface area contributed by atoms with E-state index in [9.17, 15) is 23.6 Å². The second-order valence-electron chi connectivity index (χ2n) is 3.30. The van der Waals surface area contributed by atoms with Crippen LogP contribution < -0.4 is 0 Å². The molecule has 0 aliphatic heterocycles. The monoisotopic (exact) mass is 265 g/mol. The minimum absolute atomic E-state index is 0.175. The van der Waals surface area contributed by atoms with Gasteiger partial charge in [-0.05, 0) is 4.92 Å². The number of hydrogen-bond acceptors (Lipinski definition) is 7. The highest BCUT2D eigenvalue weighted by atomic mass is 32.2. The zero-order valence-corrected chi connectivity index (χ0v) is 9.70. The Morgan fingerprint density at radius 1 is 1.71 bits per heavy atom. The highest BCUT2D eigenvalue weighted by molar-refractivity contribution is 7.85. The summed E-state index contributed by atoms with van der Waals surface area (Å²) in [6, 6.07) is 0. The van der Waals surface area contributed by atoms with Gasteiger partial charge in [-0.15, -0.1) is 0 Å². The molecule has 1 aromatic rings. The van der Waals surface area contributed by atoms with E-state index in [2.05, 4.69) is 9.17 Å². The molecule has 0 fully saturated rings. The molecule has 17 heavy (non-hydrogen) atoms. The number of imidazole rings is 1. The quantitative estimate of drug-likeness (QED) is 0.402. The van der Waals surface area contributed by atoms with Crippen LogP contribution in [0.25, 0.3) is 0 Å². The number of aliphatic hydroxyl groups is 1. The predicted molar refractivity (Wildman–Crippen MR) is 55.7 cm³/mol. The summed E-state index contributed by atoms with van der Waals surface area (Å²) in [4.78, 5) is 13.4. The number of aromatic nitrogens is 2. The van der Waals surface area contributed by atoms with Crippen molar-refractivity contribution in [1.29, 1.82) is 0 Å². The van der Waals surface area contributed by atoms with Gasteiger partial charge in [0.05, 0.1) is 12.9 Å². The Kier molecular flexibility index (Phi) is 4.15. The minimum atomic E-state index is -3.64. The molecular weight excluding hydrogens is 254 g/mol. The van der Waals surface area contributed by atoms with Gasteiger partial charge < -0.3 is 15.2 Å². The van der Waals surface area contributed by atoms with Crippen LogP contribution in [0.15, 0.2) is 12.5 Å². The van der Waals surface area contributed by atoms with Gasteiger partial charge in [0.2, 0.25) is 0 Å². The van der Waals surface area contributed by atoms with Crippen molar-refractivity contribution in [3.63, 3.8) is 0 Å². The van der Waals surface area contributed by atoms with Crippen molar-refractivity contribution >= 4 is 15.9 Å². The van der Waals surface area contributed by atoms with Crippen molar-refractivity contribution in [2.45, 2.75) is 12.6 Å². The average Bonchev–Trinajstić information content (AvgIpc) is 2.62. The SMILES string of the molecule is CS(=O)(=O)OCC(O)Cn1cncc1[N+](=O)[O-]. The molecule has 1 rings (SSSR count). The molecule has 0 aliphatic carbocycles. The molecule has 0 saturated carbocycles. The van der Waals surface area contributed by atoms with E-state index < -0.39 is 27.8 Å². The van der Waals surface area contributed by atoms with E-state index in [-0.39, 0.29) is 12.4 Å². The van der Waals surface area contributed by atoms with Gasteiger partial charge in [-0.3, -0.25) is 4.18 Å². The molecule has 0 aromatic carbocycles. The molecule has 1 atom stereocenters. The molecule has 1 heterocycles. The molecule has 0 spiro atoms. The molecule has 0 aliphatic rings. The summed E-state index contributed by atoms with van der Waals surface area (Å²) in [5.41, 5.74) is 0. The Morgan fingerprint density at radius 2 is 2.35 bits per heavy atom. The Balaban J connectivity index is 2.59. The van der Waals surface area contributed by atoms with Crippen LogP contribution in [0.5, 0.6) is 0 Å². The zero-order valence-electron chi connectivity index (χ0n) is 8.88. The molecule has 1 N–H and O–H groups in total. The number of aliphatic hydroxyl groups excluding tert-OH is 1. The van der Waals surface area contributed by atoms with E-state index in [1.165, 1.54) is 6.33 Å². The number of nitro groups is 1. The number of nitrogens with zero attached hydrogens (tertiary/aromatic N) is 3. The smallest absolute Gasteiger partial charge is 0.342 e. The fraction of sp³-hybridized carbons (Fsp3) is 0.571. The van der Waals surface area contributed by atoms with Crippen LogP contribution in [-0.2, 0) is 20.8 Å². The molecule has 9 nitrogen and oxygen atoms in total. The van der Waals surface area contributed by atoms with Crippen LogP contribution in [0, 0.1) is 10.1 Å². The largest absolute Gasteiger partial charge is 0.387 e. The summed E-state index contributed by atoms with van der Waals surface area (Å²) >= 11 is 0. The third-order valence-electron chi connectivity index (χ3n) is 1.76. The molecular formula is C7H11N3O6S. The number of hydrogen-bond donors (Lipinski definition) is 1. The molecule has 1 unspecified atom stereocenters. The highest BCUT2D eigenvalue weighted by Crippen LogP contribution is 2.10. The van der Waals surface area contributed by atoms with E-state index in [1.807, 2.05) is 0 Å². The first-order valence-electron chi connectivity index (χ1n) is 4.46. The van der Waals surface area contributed by atoms with E-state index >= 15 is 0 Å². The van der Waals surface area contributed by atoms with Gasteiger partial charge in [0.25, 0.3) is 10.1 Å². The molecule has 1 aromatic heterocycles. The summed E-state index contributed by atoms with van der Waals surface area (Å²) in [5.74, 6) is -0.289. The summed E-state index contributed by atoms with van der Waals surface area (Å²) in [6.45, 7) is -0.639. The van der Waals surface area contributed by atoms with Crippen molar-refractivity contribution in [3.8, 4) is 0 Å². The Bertz CT molecular complexity index is 495. The maximum Gasteiger partial charge on any atom is 0.342 e. The second kappa shape index (κ2) is 5.21. The summed E-state index contributed by atoms with van der Waals surface area (Å²) in [7, 11) is -3.64. The van der Waals surface area contributed by atoms with E-state index in [1.54, 1.807) is 0 Å². The topological polar surface area (TPSA) is 125 Å². The fourth-order valence-electron chi connectivity index (χ4n) is 1.09. The zero-order chi connectivity index (χ0) is 13.1. The third-order valence-corrected chi connectivity index (χ3v) is 2.32. The molecule has 96 valence electrons. The molecule has 0 saturated heterocycles. The minimum Gasteiger partial charge on any atom is -0.387 e. The van der Waals surface area contributed by atoms with Crippen LogP contribution in [0.3, 0.4) is 0 Å². The highest BCUT2D eigenvalue weighted by Gasteiger charge is 2.18. The first kappa shape index (κ1) is 13.5. The predicted octanol–water partition coefficient (Wildman–Crippen LogP) is -0.872. The lowest BCUT2D eigenvalue weighted by Gasteiger charge is -2.08. The first-order valence-corrected chi connectivity index (χ1v) is 6.28. The lowest BCUT2D eigenvalue weighted by molar-refractivity contribution is -0.392. The van der Waals surface area contributed by atoms with E-state index in [0.717, 1.165) is 17.0 Å². The van der Waals surface area contributed by atoms with E-state index in [0.29, 0.717) is 0 Å². The van der Waals surface area contributed by atoms with Gasteiger partial charge in [0, 0.05) is 0 Å². The van der Waals surface area contributed by atoms with Crippen molar-refractivity contribution in [2.75, 3.05) is 12.9 Å². The molecule has 10 heteroatoms. The van der Waals surface area contributed by atoms with Crippen molar-refractivity contribution in [1.82, 2.24) is 9.55 Å². The first-order chi connectivity index (χ1) is 7.79. The van der Waals surface area contributed by atoms with Gasteiger partial charge >= 0.3 is 5.82 Å². The average molecular weight is 265 g/mol. The van der Waals surface area contributed by atoms with E-state index in [4.69, 9.17) is 0 Å². The van der Waals surface area contributed by atoms with Gasteiger partial charge in [0.15, 0.2) is 6.33 Å². The maximum absolute atomic E-state index is 10.7. The summed E-state index contributed by atoms with van der Waals surface area (Å²) < 4.78 is 26.8. The lowest BCUT2D eigenvalue weighted by Crippen LogP contribution is -2.23. The van der Waals surface area contributed by atoms with Gasteiger partial charge in [-0.1, -0.05) is 0 Å². The van der Waals surface area contributed by atoms with Gasteiger partial charge in [0.1, 0.15) is 18.8 Å². The summed E-state index contributed by atoms with van der Waals surface area (Å²) in [5, 5.41) is 19.9. The normalized spacial score (nSPS) is 13.5. The van der Waals surface area contributed by atoms with Gasteiger partial charge in [-0.25, -0.2) is 9.55 Å². The lowest BCUT2D eigenvalue weighted by atomic mass is 10.4. The van der Waals surface area contributed by atoms with Crippen LogP contribution in [0.1, 0.15) is 0 Å². The fourth-order valence-corrected chi connectivity index (χ4v) is 1.49. The van der Waals surface area contributed by atoms with Crippen molar-refractivity contribution in [3.05, 3.63) is 22.6 Å². The third kappa shape index (κ3) is 4.46. The van der Waals surface area contributed by atoms with Crippen LogP contribution in [0.4, 0.5) is 5.82 Å². The standard InChI is InChI=1S/C7H11N3O6S/c1-17(14,15)16-4-6(11)3-9-5-8-2-7(9)10(12)13/h2,5-6,11H,3-4H2,1H3. The Labute approximate surface area is 96.9 Å². The van der Waals surface area contributed by atoms with Crippen LogP contribution in [-0.4, -0.2) is 47.0 Å². The van der Waals surface area contributed by atoms with Crippen molar-refractivity contribution in [2.24, 2.45) is 0 Å². The Hall–Kier alpha value is -1.52. The van der Waals surface area contributed by atoms with Crippen LogP contribution >= 0.6 is 0 Å². The van der Waals surface area contributed by atoms with Crippen LogP contribution in [0.2, 0.25) is 0 Å². The van der Waals surface area contributed by atoms with Crippen molar-refractivity contribution < 1.29 is 22.6 Å².